The van der Waals surface area contributed by atoms with Crippen LogP contribution in [-0.2, 0) is 14.8 Å². The van der Waals surface area contributed by atoms with Crippen LogP contribution < -0.4 is 20.1 Å². The maximum Gasteiger partial charge on any atom is 0.246 e. The molecule has 4 rings (SSSR count). The third-order valence-corrected chi connectivity index (χ3v) is 7.69. The molecule has 0 unspecified atom stereocenters. The predicted molar refractivity (Wildman–Crippen MR) is 123 cm³/mol. The summed E-state index contributed by atoms with van der Waals surface area (Å²) in [7, 11) is -3.63. The lowest BCUT2D eigenvalue weighted by molar-refractivity contribution is -0.116. The molecule has 2 aromatic carbocycles. The summed E-state index contributed by atoms with van der Waals surface area (Å²) in [5.74, 6) is 0.930. The number of ether oxygens (including phenoxy) is 2. The first-order valence-electron chi connectivity index (χ1n) is 10.6. The number of anilines is 2. The molecule has 0 radical (unpaired) electrons. The average molecular weight is 480 g/mol. The fourth-order valence-corrected chi connectivity index (χ4v) is 5.41. The third kappa shape index (κ3) is 4.95. The first-order valence-corrected chi connectivity index (χ1v) is 12.4. The minimum absolute atomic E-state index is 0.117. The Labute approximate surface area is 192 Å². The molecule has 0 saturated carbocycles. The van der Waals surface area contributed by atoms with Crippen molar-refractivity contribution in [3.05, 3.63) is 41.4 Å². The molecule has 172 valence electrons. The number of sulfonamides is 1. The molecule has 8 nitrogen and oxygen atoms in total. The molecule has 32 heavy (non-hydrogen) atoms. The number of piperidine rings is 1. The van der Waals surface area contributed by atoms with Crippen molar-refractivity contribution in [2.45, 2.75) is 37.1 Å². The van der Waals surface area contributed by atoms with Crippen LogP contribution in [0.2, 0.25) is 5.02 Å². The summed E-state index contributed by atoms with van der Waals surface area (Å²) in [6, 6.07) is 9.13. The quantitative estimate of drug-likeness (QED) is 0.655. The molecule has 0 bridgehead atoms. The Balaban J connectivity index is 1.46. The summed E-state index contributed by atoms with van der Waals surface area (Å²) >= 11 is 6.25. The number of carbonyl (C=O) groups excluding carboxylic acids is 1. The summed E-state index contributed by atoms with van der Waals surface area (Å²) in [5, 5.41) is 6.11. The minimum atomic E-state index is -3.63. The van der Waals surface area contributed by atoms with Crippen molar-refractivity contribution >= 4 is 38.9 Å². The molecule has 1 saturated heterocycles. The molecule has 2 heterocycles. The maximum absolute atomic E-state index is 13.0. The van der Waals surface area contributed by atoms with Gasteiger partial charge in [0, 0.05) is 24.8 Å². The number of carbonyl (C=O) groups is 1. The number of amides is 1. The van der Waals surface area contributed by atoms with Crippen molar-refractivity contribution in [2.75, 3.05) is 36.9 Å². The van der Waals surface area contributed by atoms with E-state index in [2.05, 4.69) is 10.6 Å². The zero-order chi connectivity index (χ0) is 22.7. The molecule has 0 spiro atoms. The first kappa shape index (κ1) is 22.7. The second kappa shape index (κ2) is 9.56. The van der Waals surface area contributed by atoms with Crippen LogP contribution in [0.3, 0.4) is 0 Å². The number of rotatable bonds is 6. The van der Waals surface area contributed by atoms with Crippen molar-refractivity contribution in [1.29, 1.82) is 0 Å². The van der Waals surface area contributed by atoms with E-state index in [1.165, 1.54) is 22.5 Å². The number of fused-ring (bicyclic) bond motifs is 1. The highest BCUT2D eigenvalue weighted by molar-refractivity contribution is 7.89. The van der Waals surface area contributed by atoms with Crippen LogP contribution in [0.1, 0.15) is 26.2 Å². The van der Waals surface area contributed by atoms with E-state index in [1.807, 2.05) is 0 Å². The van der Waals surface area contributed by atoms with Crippen molar-refractivity contribution in [1.82, 2.24) is 4.31 Å². The monoisotopic (exact) mass is 479 g/mol. The fourth-order valence-electron chi connectivity index (χ4n) is 3.70. The van der Waals surface area contributed by atoms with Crippen molar-refractivity contribution in [2.24, 2.45) is 0 Å². The van der Waals surface area contributed by atoms with Crippen LogP contribution in [0.15, 0.2) is 41.3 Å². The summed E-state index contributed by atoms with van der Waals surface area (Å²) in [5.41, 5.74) is 0.954. The van der Waals surface area contributed by atoms with Gasteiger partial charge in [-0.25, -0.2) is 8.42 Å². The van der Waals surface area contributed by atoms with Gasteiger partial charge < -0.3 is 20.1 Å². The lowest BCUT2D eigenvalue weighted by atomic mass is 10.2. The van der Waals surface area contributed by atoms with Crippen LogP contribution >= 0.6 is 11.6 Å². The number of nitrogens with one attached hydrogen (secondary N) is 2. The van der Waals surface area contributed by atoms with Gasteiger partial charge in [0.2, 0.25) is 15.9 Å². The molecule has 2 N–H and O–H groups in total. The second-order valence-corrected chi connectivity index (χ2v) is 10.2. The number of hydrogen-bond acceptors (Lipinski definition) is 6. The largest absolute Gasteiger partial charge is 0.486 e. The molecule has 2 aliphatic rings. The molecule has 2 aliphatic heterocycles. The molecule has 1 fully saturated rings. The third-order valence-electron chi connectivity index (χ3n) is 5.47. The SMILES string of the molecule is C[C@H](Nc1ccc2c(c1)OCCO2)C(=O)Nc1cc(S(=O)(=O)N2CCCCC2)ccc1Cl. The Bertz CT molecular complexity index is 1100. The van der Waals surface area contributed by atoms with E-state index in [0.29, 0.717) is 43.5 Å². The highest BCUT2D eigenvalue weighted by atomic mass is 35.5. The van der Waals surface area contributed by atoms with Gasteiger partial charge in [0.05, 0.1) is 15.6 Å². The fraction of sp³-hybridized carbons (Fsp3) is 0.409. The molecular formula is C22H26ClN3O5S. The summed E-state index contributed by atoms with van der Waals surface area (Å²) in [4.78, 5) is 12.9. The molecule has 0 aliphatic carbocycles. The highest BCUT2D eigenvalue weighted by Crippen LogP contribution is 2.33. The van der Waals surface area contributed by atoms with Crippen LogP contribution in [-0.4, -0.2) is 51.0 Å². The van der Waals surface area contributed by atoms with E-state index in [-0.39, 0.29) is 21.5 Å². The molecule has 0 aromatic heterocycles. The Morgan fingerprint density at radius 2 is 1.75 bits per heavy atom. The zero-order valence-corrected chi connectivity index (χ0v) is 19.3. The highest BCUT2D eigenvalue weighted by Gasteiger charge is 2.27. The smallest absolute Gasteiger partial charge is 0.246 e. The Kier molecular flexibility index (Phi) is 6.78. The van der Waals surface area contributed by atoms with Gasteiger partial charge in [0.25, 0.3) is 0 Å². The summed E-state index contributed by atoms with van der Waals surface area (Å²) < 4.78 is 38.5. The van der Waals surface area contributed by atoms with Gasteiger partial charge in [0.1, 0.15) is 19.3 Å². The van der Waals surface area contributed by atoms with Gasteiger partial charge in [-0.2, -0.15) is 4.31 Å². The number of nitrogens with zero attached hydrogens (tertiary/aromatic N) is 1. The van der Waals surface area contributed by atoms with Gasteiger partial charge >= 0.3 is 0 Å². The molecule has 1 atom stereocenters. The van der Waals surface area contributed by atoms with E-state index in [9.17, 15) is 13.2 Å². The molecule has 1 amide bonds. The second-order valence-electron chi connectivity index (χ2n) is 7.82. The average Bonchev–Trinajstić information content (AvgIpc) is 2.80. The Morgan fingerprint density at radius 3 is 2.50 bits per heavy atom. The van der Waals surface area contributed by atoms with E-state index in [4.69, 9.17) is 21.1 Å². The van der Waals surface area contributed by atoms with E-state index < -0.39 is 16.1 Å². The van der Waals surface area contributed by atoms with E-state index in [0.717, 1.165) is 19.3 Å². The topological polar surface area (TPSA) is 97.0 Å². The lowest BCUT2D eigenvalue weighted by Crippen LogP contribution is -2.35. The number of hydrogen-bond donors (Lipinski definition) is 2. The number of benzene rings is 2. The van der Waals surface area contributed by atoms with Crippen LogP contribution in [0.4, 0.5) is 11.4 Å². The molecular weight excluding hydrogens is 454 g/mol. The number of halogens is 1. The van der Waals surface area contributed by atoms with Gasteiger partial charge in [-0.1, -0.05) is 18.0 Å². The van der Waals surface area contributed by atoms with Crippen LogP contribution in [0, 0.1) is 0 Å². The van der Waals surface area contributed by atoms with E-state index in [1.54, 1.807) is 25.1 Å². The van der Waals surface area contributed by atoms with Crippen LogP contribution in [0.25, 0.3) is 0 Å². The van der Waals surface area contributed by atoms with Gasteiger partial charge in [-0.05, 0) is 50.1 Å². The lowest BCUT2D eigenvalue weighted by Gasteiger charge is -2.26. The predicted octanol–water partition coefficient (Wildman–Crippen LogP) is 3.72. The van der Waals surface area contributed by atoms with E-state index >= 15 is 0 Å². The minimum Gasteiger partial charge on any atom is -0.486 e. The van der Waals surface area contributed by atoms with Crippen molar-refractivity contribution in [3.8, 4) is 11.5 Å². The van der Waals surface area contributed by atoms with Crippen LogP contribution in [0.5, 0.6) is 11.5 Å². The maximum atomic E-state index is 13.0. The zero-order valence-electron chi connectivity index (χ0n) is 17.8. The Morgan fingerprint density at radius 1 is 1.03 bits per heavy atom. The van der Waals surface area contributed by atoms with Crippen molar-refractivity contribution < 1.29 is 22.7 Å². The standard InChI is InChI=1S/C22H26ClN3O5S/c1-15(24-16-5-8-20-21(13-16)31-12-11-30-20)22(27)25-19-14-17(6-7-18(19)23)32(28,29)26-9-3-2-4-10-26/h5-8,13-15,24H,2-4,9-12H2,1H3,(H,25,27)/t15-/m0/s1. The normalized spacial score (nSPS) is 17.4. The summed E-state index contributed by atoms with van der Waals surface area (Å²) in [6.07, 6.45) is 2.72. The van der Waals surface area contributed by atoms with Gasteiger partial charge in [-0.15, -0.1) is 0 Å². The Hall–Kier alpha value is -2.49. The summed E-state index contributed by atoms with van der Waals surface area (Å²) in [6.45, 7) is 3.69. The first-order chi connectivity index (χ1) is 15.3. The molecule has 2 aromatic rings. The van der Waals surface area contributed by atoms with Crippen molar-refractivity contribution in [3.63, 3.8) is 0 Å². The van der Waals surface area contributed by atoms with Gasteiger partial charge in [0.15, 0.2) is 11.5 Å². The molecule has 10 heteroatoms. The van der Waals surface area contributed by atoms with Gasteiger partial charge in [-0.3, -0.25) is 4.79 Å².